The minimum absolute atomic E-state index is 0.00963. The number of nitrogens with zero attached hydrogens (tertiary/aromatic N) is 2. The van der Waals surface area contributed by atoms with Gasteiger partial charge >= 0.3 is 0 Å². The van der Waals surface area contributed by atoms with E-state index in [9.17, 15) is 18.0 Å². The van der Waals surface area contributed by atoms with Crippen molar-refractivity contribution < 1.29 is 27.5 Å². The zero-order chi connectivity index (χ0) is 27.2. The quantitative estimate of drug-likeness (QED) is 0.397. The fourth-order valence-electron chi connectivity index (χ4n) is 3.88. The molecular formula is C26H34BrN3O6S. The number of nitrogens with one attached hydrogen (secondary N) is 1. The van der Waals surface area contributed by atoms with Crippen LogP contribution in [0.25, 0.3) is 0 Å². The molecule has 0 fully saturated rings. The summed E-state index contributed by atoms with van der Waals surface area (Å²) in [5.74, 6) is 0.580. The lowest BCUT2D eigenvalue weighted by Crippen LogP contribution is -2.49. The van der Waals surface area contributed by atoms with Gasteiger partial charge in [-0.1, -0.05) is 35.0 Å². The summed E-state index contributed by atoms with van der Waals surface area (Å²) in [5.41, 5.74) is 1.32. The van der Waals surface area contributed by atoms with Gasteiger partial charge in [0.05, 0.1) is 11.9 Å². The first-order chi connectivity index (χ1) is 17.5. The number of rotatable bonds is 12. The third-order valence-corrected chi connectivity index (χ3v) is 7.95. The summed E-state index contributed by atoms with van der Waals surface area (Å²) in [4.78, 5) is 27.8. The Bertz CT molecular complexity index is 1210. The molecule has 202 valence electrons. The van der Waals surface area contributed by atoms with Crippen LogP contribution in [0.5, 0.6) is 11.5 Å². The number of halogens is 1. The average molecular weight is 597 g/mol. The molecule has 0 aliphatic carbocycles. The van der Waals surface area contributed by atoms with Crippen LogP contribution < -0.4 is 19.1 Å². The molecule has 1 aliphatic rings. The summed E-state index contributed by atoms with van der Waals surface area (Å²) in [5, 5.41) is 2.95. The van der Waals surface area contributed by atoms with Crippen LogP contribution in [0.4, 0.5) is 5.69 Å². The Labute approximate surface area is 227 Å². The molecule has 0 spiro atoms. The van der Waals surface area contributed by atoms with Crippen molar-refractivity contribution >= 4 is 43.5 Å². The molecule has 2 aromatic carbocycles. The Balaban J connectivity index is 1.72. The Morgan fingerprint density at radius 2 is 1.76 bits per heavy atom. The average Bonchev–Trinajstić information content (AvgIpc) is 3.32. The Kier molecular flexibility index (Phi) is 9.83. The zero-order valence-electron chi connectivity index (χ0n) is 21.6. The standard InChI is InChI=1S/C26H34BrN3O6S/c1-5-18(2)28-26(32)19(3)29(16-20-8-10-21(27)11-9-20)25(31)7-6-14-30(37(4,33)34)22-12-13-23-24(15-22)36-17-35-23/h8-13,15,18-19H,5-7,14,16-17H2,1-4H3,(H,28,32)/t18-,19+/m1/s1. The van der Waals surface area contributed by atoms with E-state index in [1.807, 2.05) is 38.1 Å². The summed E-state index contributed by atoms with van der Waals surface area (Å²) >= 11 is 3.41. The third kappa shape index (κ3) is 7.85. The van der Waals surface area contributed by atoms with E-state index in [0.717, 1.165) is 22.7 Å². The van der Waals surface area contributed by atoms with Crippen molar-refractivity contribution in [1.29, 1.82) is 0 Å². The van der Waals surface area contributed by atoms with Gasteiger partial charge in [-0.3, -0.25) is 13.9 Å². The Morgan fingerprint density at radius 3 is 2.41 bits per heavy atom. The highest BCUT2D eigenvalue weighted by Crippen LogP contribution is 2.36. The maximum absolute atomic E-state index is 13.4. The molecule has 0 saturated heterocycles. The fourth-order valence-corrected chi connectivity index (χ4v) is 5.10. The summed E-state index contributed by atoms with van der Waals surface area (Å²) in [7, 11) is -3.61. The highest BCUT2D eigenvalue weighted by molar-refractivity contribution is 9.10. The molecule has 37 heavy (non-hydrogen) atoms. The van der Waals surface area contributed by atoms with Gasteiger partial charge in [0.2, 0.25) is 28.6 Å². The van der Waals surface area contributed by atoms with Gasteiger partial charge in [-0.25, -0.2) is 8.42 Å². The number of fused-ring (bicyclic) bond motifs is 1. The van der Waals surface area contributed by atoms with E-state index in [1.165, 1.54) is 4.31 Å². The molecular weight excluding hydrogens is 562 g/mol. The van der Waals surface area contributed by atoms with E-state index >= 15 is 0 Å². The summed E-state index contributed by atoms with van der Waals surface area (Å²) in [6.07, 6.45) is 2.26. The number of sulfonamides is 1. The first-order valence-corrected chi connectivity index (χ1v) is 14.9. The molecule has 2 aromatic rings. The van der Waals surface area contributed by atoms with Gasteiger partial charge in [0.25, 0.3) is 0 Å². The SMILES string of the molecule is CC[C@@H](C)NC(=O)[C@H](C)N(Cc1ccc(Br)cc1)C(=O)CCCN(c1ccc2c(c1)OCO2)S(C)(=O)=O. The smallest absolute Gasteiger partial charge is 0.242 e. The molecule has 1 heterocycles. The lowest BCUT2D eigenvalue weighted by Gasteiger charge is -2.30. The molecule has 1 aliphatic heterocycles. The maximum Gasteiger partial charge on any atom is 0.242 e. The minimum Gasteiger partial charge on any atom is -0.454 e. The minimum atomic E-state index is -3.61. The van der Waals surface area contributed by atoms with Crippen molar-refractivity contribution in [3.63, 3.8) is 0 Å². The molecule has 0 unspecified atom stereocenters. The number of amides is 2. The molecule has 1 N–H and O–H groups in total. The van der Waals surface area contributed by atoms with Crippen LogP contribution in [0.15, 0.2) is 46.9 Å². The predicted molar refractivity (Wildman–Crippen MR) is 146 cm³/mol. The first kappa shape index (κ1) is 28.8. The normalized spacial score (nSPS) is 14.1. The van der Waals surface area contributed by atoms with Gasteiger partial charge in [-0.15, -0.1) is 0 Å². The lowest BCUT2D eigenvalue weighted by atomic mass is 10.1. The highest BCUT2D eigenvalue weighted by Gasteiger charge is 2.27. The summed E-state index contributed by atoms with van der Waals surface area (Å²) < 4.78 is 37.9. The van der Waals surface area contributed by atoms with Crippen LogP contribution in [0.2, 0.25) is 0 Å². The largest absolute Gasteiger partial charge is 0.454 e. The van der Waals surface area contributed by atoms with Gasteiger partial charge in [-0.05, 0) is 56.5 Å². The van der Waals surface area contributed by atoms with E-state index in [0.29, 0.717) is 17.2 Å². The summed E-state index contributed by atoms with van der Waals surface area (Å²) in [6, 6.07) is 11.8. The van der Waals surface area contributed by atoms with E-state index in [1.54, 1.807) is 30.0 Å². The summed E-state index contributed by atoms with van der Waals surface area (Å²) in [6.45, 7) is 6.06. The number of anilines is 1. The van der Waals surface area contributed by atoms with Crippen molar-refractivity contribution in [2.24, 2.45) is 0 Å². The van der Waals surface area contributed by atoms with Gasteiger partial charge in [0.1, 0.15) is 6.04 Å². The third-order valence-electron chi connectivity index (χ3n) is 6.23. The maximum atomic E-state index is 13.4. The predicted octanol–water partition coefficient (Wildman–Crippen LogP) is 4.06. The van der Waals surface area contributed by atoms with Crippen LogP contribution in [-0.2, 0) is 26.2 Å². The molecule has 0 aromatic heterocycles. The monoisotopic (exact) mass is 595 g/mol. The molecule has 3 rings (SSSR count). The van der Waals surface area contributed by atoms with E-state index < -0.39 is 16.1 Å². The molecule has 9 nitrogen and oxygen atoms in total. The van der Waals surface area contributed by atoms with Crippen molar-refractivity contribution in [2.45, 2.75) is 58.7 Å². The molecule has 0 bridgehead atoms. The molecule has 11 heteroatoms. The second kappa shape index (κ2) is 12.6. The van der Waals surface area contributed by atoms with Crippen molar-refractivity contribution in [3.05, 3.63) is 52.5 Å². The number of hydrogen-bond acceptors (Lipinski definition) is 6. The number of carbonyl (C=O) groups excluding carboxylic acids is 2. The van der Waals surface area contributed by atoms with Gasteiger partial charge < -0.3 is 19.7 Å². The molecule has 0 saturated carbocycles. The topological polar surface area (TPSA) is 105 Å². The van der Waals surface area contributed by atoms with E-state index in [4.69, 9.17) is 9.47 Å². The van der Waals surface area contributed by atoms with Crippen molar-refractivity contribution in [1.82, 2.24) is 10.2 Å². The Hall–Kier alpha value is -2.79. The lowest BCUT2D eigenvalue weighted by molar-refractivity contribution is -0.140. The van der Waals surface area contributed by atoms with Crippen LogP contribution in [0.1, 0.15) is 45.6 Å². The Morgan fingerprint density at radius 1 is 1.08 bits per heavy atom. The number of ether oxygens (including phenoxy) is 2. The van der Waals surface area contributed by atoms with Crippen LogP contribution in [0, 0.1) is 0 Å². The van der Waals surface area contributed by atoms with Gasteiger partial charge in [0, 0.05) is 36.1 Å². The second-order valence-electron chi connectivity index (χ2n) is 9.12. The van der Waals surface area contributed by atoms with Crippen molar-refractivity contribution in [2.75, 3.05) is 23.9 Å². The number of hydrogen-bond donors (Lipinski definition) is 1. The van der Waals surface area contributed by atoms with Gasteiger partial charge in [-0.2, -0.15) is 0 Å². The second-order valence-corrected chi connectivity index (χ2v) is 11.9. The molecule has 2 amide bonds. The highest BCUT2D eigenvalue weighted by atomic mass is 79.9. The molecule has 0 radical (unpaired) electrons. The number of carbonyl (C=O) groups is 2. The van der Waals surface area contributed by atoms with Crippen LogP contribution in [0.3, 0.4) is 0 Å². The van der Waals surface area contributed by atoms with E-state index in [-0.39, 0.29) is 50.6 Å². The van der Waals surface area contributed by atoms with Crippen molar-refractivity contribution in [3.8, 4) is 11.5 Å². The van der Waals surface area contributed by atoms with Gasteiger partial charge in [0.15, 0.2) is 11.5 Å². The number of benzene rings is 2. The van der Waals surface area contributed by atoms with Crippen LogP contribution in [-0.4, -0.2) is 56.8 Å². The van der Waals surface area contributed by atoms with E-state index in [2.05, 4.69) is 21.2 Å². The molecule has 2 atom stereocenters. The fraction of sp³-hybridized carbons (Fsp3) is 0.462. The zero-order valence-corrected chi connectivity index (χ0v) is 24.0. The first-order valence-electron chi connectivity index (χ1n) is 12.2. The van der Waals surface area contributed by atoms with Crippen LogP contribution >= 0.6 is 15.9 Å².